The number of allylic oxidation sites excluding steroid dienone is 3. The summed E-state index contributed by atoms with van der Waals surface area (Å²) in [7, 11) is 1.78. The van der Waals surface area contributed by atoms with E-state index in [1.165, 1.54) is 0 Å². The second kappa shape index (κ2) is 4.07. The van der Waals surface area contributed by atoms with Crippen LogP contribution < -0.4 is 0 Å². The van der Waals surface area contributed by atoms with Crippen LogP contribution in [0, 0.1) is 0 Å². The van der Waals surface area contributed by atoms with Crippen LogP contribution in [0.2, 0.25) is 0 Å². The molecule has 0 radical (unpaired) electrons. The third kappa shape index (κ3) is 2.27. The first-order valence-corrected chi connectivity index (χ1v) is 2.98. The molecule has 0 bridgehead atoms. The first-order chi connectivity index (χ1) is 4.26. The summed E-state index contributed by atoms with van der Waals surface area (Å²) < 4.78 is 0. The third-order valence-electron chi connectivity index (χ3n) is 1.28. The molecule has 9 heavy (non-hydrogen) atoms. The van der Waals surface area contributed by atoms with Crippen LogP contribution in [0.25, 0.3) is 0 Å². The van der Waals surface area contributed by atoms with Gasteiger partial charge in [0.2, 0.25) is 0 Å². The molecule has 0 aromatic rings. The van der Waals surface area contributed by atoms with Crippen LogP contribution in [0.1, 0.15) is 13.8 Å². The fraction of sp³-hybridized carbons (Fsp3) is 0.375. The Balaban J connectivity index is 4.32. The standard InChI is InChI=1S/C8H13N/c1-5-8(6-2)7(3)9-4/h5-6H,1H2,2-4H3/b8-6-,9-7-. The molecule has 0 heterocycles. The highest BCUT2D eigenvalue weighted by Gasteiger charge is 1.90. The largest absolute Gasteiger partial charge is 0.293 e. The van der Waals surface area contributed by atoms with Gasteiger partial charge in [0.05, 0.1) is 0 Å². The summed E-state index contributed by atoms with van der Waals surface area (Å²) in [5.74, 6) is 0. The molecule has 0 N–H and O–H groups in total. The maximum atomic E-state index is 4.01. The lowest BCUT2D eigenvalue weighted by molar-refractivity contribution is 1.41. The average molecular weight is 123 g/mol. The van der Waals surface area contributed by atoms with E-state index in [4.69, 9.17) is 0 Å². The van der Waals surface area contributed by atoms with Crippen LogP contribution in [0.15, 0.2) is 29.3 Å². The molecule has 0 aliphatic carbocycles. The minimum absolute atomic E-state index is 1.03. The van der Waals surface area contributed by atoms with E-state index in [9.17, 15) is 0 Å². The zero-order valence-electron chi connectivity index (χ0n) is 6.31. The van der Waals surface area contributed by atoms with Crippen molar-refractivity contribution in [2.45, 2.75) is 13.8 Å². The first kappa shape index (κ1) is 8.15. The normalized spacial score (nSPS) is 13.7. The molecule has 0 amide bonds. The van der Waals surface area contributed by atoms with Gasteiger partial charge in [-0.25, -0.2) is 0 Å². The molecule has 0 spiro atoms. The first-order valence-electron chi connectivity index (χ1n) is 2.98. The van der Waals surface area contributed by atoms with Crippen molar-refractivity contribution in [1.82, 2.24) is 0 Å². The summed E-state index contributed by atoms with van der Waals surface area (Å²) in [5, 5.41) is 0. The van der Waals surface area contributed by atoms with Gasteiger partial charge in [0.25, 0.3) is 0 Å². The van der Waals surface area contributed by atoms with Crippen LogP contribution in [-0.4, -0.2) is 12.8 Å². The topological polar surface area (TPSA) is 12.4 Å². The molecule has 0 unspecified atom stereocenters. The molecule has 0 aromatic heterocycles. The van der Waals surface area contributed by atoms with E-state index in [0.717, 1.165) is 11.3 Å². The molecular weight excluding hydrogens is 110 g/mol. The molecular formula is C8H13N. The van der Waals surface area contributed by atoms with Gasteiger partial charge in [0, 0.05) is 12.8 Å². The Bertz CT molecular complexity index is 152. The number of rotatable bonds is 2. The maximum Gasteiger partial charge on any atom is 0.0382 e. The molecule has 0 rings (SSSR count). The smallest absolute Gasteiger partial charge is 0.0382 e. The Morgan fingerprint density at radius 3 is 2.22 bits per heavy atom. The molecule has 0 aliphatic heterocycles. The van der Waals surface area contributed by atoms with Gasteiger partial charge in [-0.05, 0) is 19.4 Å². The summed E-state index contributed by atoms with van der Waals surface area (Å²) in [6.45, 7) is 7.60. The Morgan fingerprint density at radius 1 is 1.56 bits per heavy atom. The predicted octanol–water partition coefficient (Wildman–Crippen LogP) is 2.21. The van der Waals surface area contributed by atoms with E-state index in [-0.39, 0.29) is 0 Å². The molecule has 0 aliphatic rings. The molecule has 1 nitrogen and oxygen atoms in total. The van der Waals surface area contributed by atoms with Crippen LogP contribution >= 0.6 is 0 Å². The number of nitrogens with zero attached hydrogens (tertiary/aromatic N) is 1. The van der Waals surface area contributed by atoms with Gasteiger partial charge in [-0.3, -0.25) is 4.99 Å². The second-order valence-corrected chi connectivity index (χ2v) is 1.76. The van der Waals surface area contributed by atoms with E-state index in [2.05, 4.69) is 11.6 Å². The molecule has 0 saturated heterocycles. The molecule has 0 aromatic carbocycles. The summed E-state index contributed by atoms with van der Waals surface area (Å²) in [6, 6.07) is 0. The highest BCUT2D eigenvalue weighted by molar-refractivity contribution is 6.00. The SMILES string of the molecule is C=CC(=C/C)/C(C)=N\C. The van der Waals surface area contributed by atoms with E-state index in [1.54, 1.807) is 7.05 Å². The van der Waals surface area contributed by atoms with E-state index in [0.29, 0.717) is 0 Å². The fourth-order valence-corrected chi connectivity index (χ4v) is 0.604. The Morgan fingerprint density at radius 2 is 2.11 bits per heavy atom. The third-order valence-corrected chi connectivity index (χ3v) is 1.28. The summed E-state index contributed by atoms with van der Waals surface area (Å²) in [6.07, 6.45) is 3.80. The Labute approximate surface area is 56.8 Å². The van der Waals surface area contributed by atoms with E-state index >= 15 is 0 Å². The maximum absolute atomic E-state index is 4.01. The molecule has 0 fully saturated rings. The lowest BCUT2D eigenvalue weighted by Gasteiger charge is -1.95. The Hall–Kier alpha value is -0.850. The van der Waals surface area contributed by atoms with Gasteiger partial charge in [-0.15, -0.1) is 0 Å². The van der Waals surface area contributed by atoms with E-state index < -0.39 is 0 Å². The minimum Gasteiger partial charge on any atom is -0.293 e. The zero-order valence-corrected chi connectivity index (χ0v) is 6.31. The van der Waals surface area contributed by atoms with Gasteiger partial charge >= 0.3 is 0 Å². The second-order valence-electron chi connectivity index (χ2n) is 1.76. The van der Waals surface area contributed by atoms with Gasteiger partial charge < -0.3 is 0 Å². The summed E-state index contributed by atoms with van der Waals surface area (Å²) in [4.78, 5) is 4.01. The van der Waals surface area contributed by atoms with Gasteiger partial charge in [-0.2, -0.15) is 0 Å². The van der Waals surface area contributed by atoms with Crippen molar-refractivity contribution < 1.29 is 0 Å². The van der Waals surface area contributed by atoms with Crippen LogP contribution in [0.3, 0.4) is 0 Å². The quantitative estimate of drug-likeness (QED) is 0.394. The molecule has 1 heteroatoms. The number of aliphatic imine (C=N–C) groups is 1. The van der Waals surface area contributed by atoms with Crippen molar-refractivity contribution >= 4 is 5.71 Å². The molecule has 50 valence electrons. The monoisotopic (exact) mass is 123 g/mol. The predicted molar refractivity (Wildman–Crippen MR) is 43.0 cm³/mol. The van der Waals surface area contributed by atoms with Crippen molar-refractivity contribution in [3.05, 3.63) is 24.3 Å². The van der Waals surface area contributed by atoms with Crippen LogP contribution in [-0.2, 0) is 0 Å². The number of hydrogen-bond acceptors (Lipinski definition) is 1. The highest BCUT2D eigenvalue weighted by Crippen LogP contribution is 1.97. The van der Waals surface area contributed by atoms with Gasteiger partial charge in [-0.1, -0.05) is 18.7 Å². The fourth-order valence-electron chi connectivity index (χ4n) is 0.604. The highest BCUT2D eigenvalue weighted by atomic mass is 14.7. The van der Waals surface area contributed by atoms with Crippen LogP contribution in [0.5, 0.6) is 0 Å². The zero-order chi connectivity index (χ0) is 7.28. The number of hydrogen-bond donors (Lipinski definition) is 0. The average Bonchev–Trinajstić information content (AvgIpc) is 1.90. The van der Waals surface area contributed by atoms with Crippen LogP contribution in [0.4, 0.5) is 0 Å². The molecule has 0 saturated carbocycles. The van der Waals surface area contributed by atoms with Gasteiger partial charge in [0.15, 0.2) is 0 Å². The van der Waals surface area contributed by atoms with Crippen molar-refractivity contribution in [3.63, 3.8) is 0 Å². The Kier molecular flexibility index (Phi) is 3.69. The van der Waals surface area contributed by atoms with Crippen molar-refractivity contribution in [2.75, 3.05) is 7.05 Å². The minimum atomic E-state index is 1.03. The lowest BCUT2D eigenvalue weighted by atomic mass is 10.2. The van der Waals surface area contributed by atoms with Crippen molar-refractivity contribution in [3.8, 4) is 0 Å². The van der Waals surface area contributed by atoms with Crippen molar-refractivity contribution in [2.24, 2.45) is 4.99 Å². The van der Waals surface area contributed by atoms with Crippen molar-refractivity contribution in [1.29, 1.82) is 0 Å². The lowest BCUT2D eigenvalue weighted by Crippen LogP contribution is -1.92. The van der Waals surface area contributed by atoms with E-state index in [1.807, 2.05) is 26.0 Å². The van der Waals surface area contributed by atoms with Gasteiger partial charge in [0.1, 0.15) is 0 Å². The summed E-state index contributed by atoms with van der Waals surface area (Å²) in [5.41, 5.74) is 2.14. The molecule has 0 atom stereocenters. The summed E-state index contributed by atoms with van der Waals surface area (Å²) >= 11 is 0.